The highest BCUT2D eigenvalue weighted by atomic mass is 16.7. The predicted molar refractivity (Wildman–Crippen MR) is 65.5 cm³/mol. The third-order valence-electron chi connectivity index (χ3n) is 2.57. The summed E-state index contributed by atoms with van der Waals surface area (Å²) in [6, 6.07) is 8.20. The fraction of sp³-hybridized carbons (Fsp3) is 0.417. The molecular weight excluding hydrogens is 218 g/mol. The van der Waals surface area contributed by atoms with Gasteiger partial charge in [-0.05, 0) is 25.1 Å². The third kappa shape index (κ3) is 4.95. The molecule has 0 unspecified atom stereocenters. The molecule has 1 aromatic carbocycles. The Balaban J connectivity index is 2.37. The zero-order valence-electron chi connectivity index (χ0n) is 10.3. The Labute approximate surface area is 101 Å². The summed E-state index contributed by atoms with van der Waals surface area (Å²) in [5, 5.41) is 0. The van der Waals surface area contributed by atoms with E-state index in [1.807, 2.05) is 24.8 Å². The van der Waals surface area contributed by atoms with Crippen LogP contribution in [-0.4, -0.2) is 24.5 Å². The minimum absolute atomic E-state index is 0.312. The van der Waals surface area contributed by atoms with Crippen molar-refractivity contribution in [1.82, 2.24) is 10.5 Å². The van der Waals surface area contributed by atoms with E-state index in [1.54, 1.807) is 0 Å². The first-order valence-corrected chi connectivity index (χ1v) is 5.52. The van der Waals surface area contributed by atoms with E-state index < -0.39 is 0 Å². The molecule has 0 radical (unpaired) electrons. The Morgan fingerprint density at radius 1 is 1.47 bits per heavy atom. The molecule has 0 amide bonds. The van der Waals surface area contributed by atoms with Crippen molar-refractivity contribution in [2.24, 2.45) is 5.84 Å². The molecule has 0 saturated carbocycles. The Hall–Kier alpha value is -1.43. The molecule has 0 spiro atoms. The summed E-state index contributed by atoms with van der Waals surface area (Å²) in [4.78, 5) is 17.6. The lowest BCUT2D eigenvalue weighted by Crippen LogP contribution is -2.29. The highest BCUT2D eigenvalue weighted by Gasteiger charge is 2.07. The van der Waals surface area contributed by atoms with Gasteiger partial charge in [-0.2, -0.15) is 0 Å². The molecule has 0 aliphatic heterocycles. The zero-order chi connectivity index (χ0) is 12.7. The SMILES string of the molecule is Cc1ccccc1CN(C)CCC(=O)ONN. The summed E-state index contributed by atoms with van der Waals surface area (Å²) in [5.41, 5.74) is 4.40. The average Bonchev–Trinajstić information content (AvgIpc) is 2.30. The maximum Gasteiger partial charge on any atom is 0.327 e. The lowest BCUT2D eigenvalue weighted by Gasteiger charge is -2.17. The largest absolute Gasteiger partial charge is 0.356 e. The van der Waals surface area contributed by atoms with Crippen molar-refractivity contribution in [3.8, 4) is 0 Å². The number of rotatable bonds is 6. The quantitative estimate of drug-likeness (QED) is 0.564. The first kappa shape index (κ1) is 13.6. The van der Waals surface area contributed by atoms with Crippen LogP contribution in [0.25, 0.3) is 0 Å². The second-order valence-corrected chi connectivity index (χ2v) is 4.01. The number of nitrogens with one attached hydrogen (secondary N) is 1. The number of nitrogens with zero attached hydrogens (tertiary/aromatic N) is 1. The molecule has 1 aromatic rings. The number of hydrazine groups is 1. The standard InChI is InChI=1S/C12H19N3O2/c1-10-5-3-4-6-11(10)9-15(2)8-7-12(16)17-14-13/h3-6,14H,7-9,13H2,1-2H3. The Morgan fingerprint density at radius 2 is 2.18 bits per heavy atom. The average molecular weight is 237 g/mol. The summed E-state index contributed by atoms with van der Waals surface area (Å²) >= 11 is 0. The Kier molecular flexibility index (Phi) is 5.62. The summed E-state index contributed by atoms with van der Waals surface area (Å²) in [5.74, 6) is 4.52. The first-order chi connectivity index (χ1) is 8.13. The molecule has 3 N–H and O–H groups in total. The van der Waals surface area contributed by atoms with Crippen LogP contribution in [0.2, 0.25) is 0 Å². The summed E-state index contributed by atoms with van der Waals surface area (Å²) in [7, 11) is 1.97. The van der Waals surface area contributed by atoms with Crippen LogP contribution >= 0.6 is 0 Å². The smallest absolute Gasteiger partial charge is 0.327 e. The van der Waals surface area contributed by atoms with Crippen LogP contribution in [-0.2, 0) is 16.2 Å². The fourth-order valence-corrected chi connectivity index (χ4v) is 1.56. The minimum Gasteiger partial charge on any atom is -0.356 e. The number of carbonyl (C=O) groups excluding carboxylic acids is 1. The van der Waals surface area contributed by atoms with E-state index in [0.717, 1.165) is 6.54 Å². The lowest BCUT2D eigenvalue weighted by molar-refractivity contribution is -0.151. The molecule has 0 fully saturated rings. The molecule has 0 atom stereocenters. The third-order valence-corrected chi connectivity index (χ3v) is 2.57. The van der Waals surface area contributed by atoms with Crippen molar-refractivity contribution in [2.75, 3.05) is 13.6 Å². The normalized spacial score (nSPS) is 10.6. The topological polar surface area (TPSA) is 67.6 Å². The number of carbonyl (C=O) groups is 1. The van der Waals surface area contributed by atoms with Gasteiger partial charge in [-0.3, -0.25) is 4.79 Å². The van der Waals surface area contributed by atoms with Crippen molar-refractivity contribution in [3.63, 3.8) is 0 Å². The molecular formula is C12H19N3O2. The summed E-state index contributed by atoms with van der Waals surface area (Å²) < 4.78 is 0. The lowest BCUT2D eigenvalue weighted by atomic mass is 10.1. The monoisotopic (exact) mass is 237 g/mol. The van der Waals surface area contributed by atoms with E-state index in [0.29, 0.717) is 13.0 Å². The number of hydrogen-bond acceptors (Lipinski definition) is 5. The van der Waals surface area contributed by atoms with Gasteiger partial charge in [-0.1, -0.05) is 29.9 Å². The number of nitrogens with two attached hydrogens (primary N) is 1. The van der Waals surface area contributed by atoms with Crippen molar-refractivity contribution >= 4 is 5.97 Å². The van der Waals surface area contributed by atoms with Gasteiger partial charge in [0.05, 0.1) is 6.42 Å². The van der Waals surface area contributed by atoms with Crippen molar-refractivity contribution in [3.05, 3.63) is 35.4 Å². The van der Waals surface area contributed by atoms with Crippen LogP contribution in [0, 0.1) is 6.92 Å². The van der Waals surface area contributed by atoms with E-state index in [2.05, 4.69) is 28.8 Å². The highest BCUT2D eigenvalue weighted by Crippen LogP contribution is 2.09. The van der Waals surface area contributed by atoms with Gasteiger partial charge in [0.15, 0.2) is 0 Å². The minimum atomic E-state index is -0.357. The predicted octanol–water partition coefficient (Wildman–Crippen LogP) is 0.738. The molecule has 0 heterocycles. The number of hydrogen-bond donors (Lipinski definition) is 2. The van der Waals surface area contributed by atoms with Gasteiger partial charge in [0, 0.05) is 13.1 Å². The van der Waals surface area contributed by atoms with Crippen molar-refractivity contribution < 1.29 is 9.63 Å². The first-order valence-electron chi connectivity index (χ1n) is 5.52. The van der Waals surface area contributed by atoms with E-state index in [-0.39, 0.29) is 5.97 Å². The van der Waals surface area contributed by atoms with Gasteiger partial charge in [0.25, 0.3) is 0 Å². The second-order valence-electron chi connectivity index (χ2n) is 4.01. The van der Waals surface area contributed by atoms with Crippen molar-refractivity contribution in [2.45, 2.75) is 19.9 Å². The Morgan fingerprint density at radius 3 is 2.82 bits per heavy atom. The molecule has 0 saturated heterocycles. The fourth-order valence-electron chi connectivity index (χ4n) is 1.56. The molecule has 17 heavy (non-hydrogen) atoms. The maximum atomic E-state index is 11.1. The van der Waals surface area contributed by atoms with Crippen molar-refractivity contribution in [1.29, 1.82) is 0 Å². The summed E-state index contributed by atoms with van der Waals surface area (Å²) in [6.45, 7) is 3.53. The van der Waals surface area contributed by atoms with Gasteiger partial charge in [0.2, 0.25) is 0 Å². The van der Waals surface area contributed by atoms with Gasteiger partial charge in [-0.25, -0.2) is 5.84 Å². The molecule has 1 rings (SSSR count). The number of benzene rings is 1. The molecule has 94 valence electrons. The molecule has 0 bridgehead atoms. The molecule has 0 aliphatic carbocycles. The van der Waals surface area contributed by atoms with E-state index in [1.165, 1.54) is 11.1 Å². The summed E-state index contributed by atoms with van der Waals surface area (Å²) in [6.07, 6.45) is 0.312. The van der Waals surface area contributed by atoms with Crippen LogP contribution < -0.4 is 11.4 Å². The Bertz CT molecular complexity index is 369. The van der Waals surface area contributed by atoms with Gasteiger partial charge < -0.3 is 9.74 Å². The van der Waals surface area contributed by atoms with Gasteiger partial charge >= 0.3 is 5.97 Å². The molecule has 5 heteroatoms. The number of aryl methyl sites for hydroxylation is 1. The van der Waals surface area contributed by atoms with Crippen LogP contribution in [0.5, 0.6) is 0 Å². The van der Waals surface area contributed by atoms with E-state index in [4.69, 9.17) is 5.84 Å². The molecule has 0 aliphatic rings. The van der Waals surface area contributed by atoms with Gasteiger partial charge in [-0.15, -0.1) is 0 Å². The highest BCUT2D eigenvalue weighted by molar-refractivity contribution is 5.69. The van der Waals surface area contributed by atoms with E-state index >= 15 is 0 Å². The van der Waals surface area contributed by atoms with Crippen LogP contribution in [0.3, 0.4) is 0 Å². The molecule has 0 aromatic heterocycles. The maximum absolute atomic E-state index is 11.1. The van der Waals surface area contributed by atoms with Gasteiger partial charge in [0.1, 0.15) is 0 Å². The molecule has 5 nitrogen and oxygen atoms in total. The second kappa shape index (κ2) is 7.01. The zero-order valence-corrected chi connectivity index (χ0v) is 10.3. The van der Waals surface area contributed by atoms with E-state index in [9.17, 15) is 4.79 Å². The van der Waals surface area contributed by atoms with Crippen LogP contribution in [0.1, 0.15) is 17.5 Å². The van der Waals surface area contributed by atoms with Crippen LogP contribution in [0.15, 0.2) is 24.3 Å². The van der Waals surface area contributed by atoms with Crippen LogP contribution in [0.4, 0.5) is 0 Å².